The van der Waals surface area contributed by atoms with Crippen molar-refractivity contribution in [3.63, 3.8) is 0 Å². The van der Waals surface area contributed by atoms with Gasteiger partial charge in [0.15, 0.2) is 18.9 Å². The minimum atomic E-state index is -1.82. The number of aliphatic hydroxyl groups excluding tert-OH is 10. The minimum Gasteiger partial charge on any atom is -0.394 e. The van der Waals surface area contributed by atoms with Gasteiger partial charge >= 0.3 is 0 Å². The van der Waals surface area contributed by atoms with Crippen LogP contribution in [0.5, 0.6) is 0 Å². The van der Waals surface area contributed by atoms with E-state index in [1.54, 1.807) is 0 Å². The van der Waals surface area contributed by atoms with E-state index in [4.69, 9.17) is 23.7 Å². The summed E-state index contributed by atoms with van der Waals surface area (Å²) in [4.78, 5) is 0. The van der Waals surface area contributed by atoms with Gasteiger partial charge in [-0.2, -0.15) is 0 Å². The number of hydrogen-bond acceptors (Lipinski definition) is 15. The van der Waals surface area contributed by atoms with E-state index in [-0.39, 0.29) is 6.42 Å². The summed E-state index contributed by atoms with van der Waals surface area (Å²) in [5.41, 5.74) is 0. The predicted octanol–water partition coefficient (Wildman–Crippen LogP) is -6.54. The van der Waals surface area contributed by atoms with Crippen LogP contribution in [0.1, 0.15) is 6.42 Å². The molecule has 3 rings (SSSR count). The molecule has 0 saturated carbocycles. The molecule has 15 nitrogen and oxygen atoms in total. The van der Waals surface area contributed by atoms with Crippen LogP contribution in [0.15, 0.2) is 0 Å². The number of rotatable bonds is 7. The highest BCUT2D eigenvalue weighted by Crippen LogP contribution is 2.31. The largest absolute Gasteiger partial charge is 0.394 e. The van der Waals surface area contributed by atoms with Crippen LogP contribution in [0.2, 0.25) is 0 Å². The maximum atomic E-state index is 10.6. The summed E-state index contributed by atoms with van der Waals surface area (Å²) in [5.74, 6) is 0. The molecule has 33 heavy (non-hydrogen) atoms. The molecule has 3 fully saturated rings. The van der Waals surface area contributed by atoms with Crippen LogP contribution in [-0.4, -0.2) is 157 Å². The first-order valence-corrected chi connectivity index (χ1v) is 10.5. The molecule has 0 radical (unpaired) electrons. The van der Waals surface area contributed by atoms with Crippen molar-refractivity contribution >= 4 is 0 Å². The Morgan fingerprint density at radius 1 is 0.576 bits per heavy atom. The lowest BCUT2D eigenvalue weighted by Gasteiger charge is -2.47. The van der Waals surface area contributed by atoms with Crippen LogP contribution in [0.25, 0.3) is 0 Å². The van der Waals surface area contributed by atoms with Crippen LogP contribution < -0.4 is 0 Å². The van der Waals surface area contributed by atoms with Gasteiger partial charge in [0.25, 0.3) is 0 Å². The lowest BCUT2D eigenvalue weighted by Crippen LogP contribution is -2.65. The third-order valence-electron chi connectivity index (χ3n) is 5.98. The third-order valence-corrected chi connectivity index (χ3v) is 5.98. The molecule has 0 aromatic heterocycles. The van der Waals surface area contributed by atoms with Crippen molar-refractivity contribution in [2.24, 2.45) is 0 Å². The zero-order chi connectivity index (χ0) is 24.4. The Balaban J connectivity index is 1.68. The van der Waals surface area contributed by atoms with Crippen molar-refractivity contribution in [3.8, 4) is 0 Å². The summed E-state index contributed by atoms with van der Waals surface area (Å²) in [6.45, 7) is -2.09. The van der Waals surface area contributed by atoms with Crippen molar-refractivity contribution in [2.75, 3.05) is 19.8 Å². The number of ether oxygens (including phenoxy) is 5. The first-order chi connectivity index (χ1) is 15.6. The Morgan fingerprint density at radius 3 is 1.73 bits per heavy atom. The molecule has 3 saturated heterocycles. The third kappa shape index (κ3) is 5.64. The Morgan fingerprint density at radius 2 is 1.12 bits per heavy atom. The number of aliphatic hydroxyl groups is 10. The van der Waals surface area contributed by atoms with Gasteiger partial charge in [-0.05, 0) is 0 Å². The minimum absolute atomic E-state index is 0.237. The van der Waals surface area contributed by atoms with Crippen molar-refractivity contribution in [2.45, 2.75) is 92.4 Å². The molecule has 1 unspecified atom stereocenters. The lowest BCUT2D eigenvalue weighted by atomic mass is 9.96. The molecule has 0 aromatic rings. The standard InChI is InChI=1S/C18H32O15/c19-2-6-10(23)5(22)1-9(29-6)32-15-8(4-21)31-18(14(27)12(15)25)33-16-7(3-20)30-17(28)13(26)11(16)24/h5-28H,1-4H2/t5-,6-,7-,8-,9-,10+,11-,12-,13-,14-,15-,16-,17?,18-/m1/s1. The monoisotopic (exact) mass is 488 g/mol. The Labute approximate surface area is 187 Å². The molecule has 194 valence electrons. The highest BCUT2D eigenvalue weighted by molar-refractivity contribution is 4.95. The van der Waals surface area contributed by atoms with E-state index >= 15 is 0 Å². The van der Waals surface area contributed by atoms with Crippen LogP contribution in [0.4, 0.5) is 0 Å². The molecular weight excluding hydrogens is 456 g/mol. The molecule has 14 atom stereocenters. The molecular formula is C18H32O15. The van der Waals surface area contributed by atoms with Crippen LogP contribution >= 0.6 is 0 Å². The van der Waals surface area contributed by atoms with Gasteiger partial charge in [0.2, 0.25) is 0 Å². The fourth-order valence-electron chi connectivity index (χ4n) is 4.05. The lowest BCUT2D eigenvalue weighted by molar-refractivity contribution is -0.370. The average Bonchev–Trinajstić information content (AvgIpc) is 2.80. The average molecular weight is 488 g/mol. The van der Waals surface area contributed by atoms with E-state index < -0.39 is 106 Å². The van der Waals surface area contributed by atoms with E-state index in [0.717, 1.165) is 0 Å². The zero-order valence-corrected chi connectivity index (χ0v) is 17.4. The Bertz CT molecular complexity index is 607. The summed E-state index contributed by atoms with van der Waals surface area (Å²) in [7, 11) is 0. The van der Waals surface area contributed by atoms with E-state index in [2.05, 4.69) is 0 Å². The van der Waals surface area contributed by atoms with E-state index in [1.165, 1.54) is 0 Å². The molecule has 0 aliphatic carbocycles. The summed E-state index contributed by atoms with van der Waals surface area (Å²) >= 11 is 0. The van der Waals surface area contributed by atoms with Crippen molar-refractivity contribution in [3.05, 3.63) is 0 Å². The fraction of sp³-hybridized carbons (Fsp3) is 1.00. The Kier molecular flexibility index (Phi) is 9.35. The van der Waals surface area contributed by atoms with Gasteiger partial charge in [0.05, 0.1) is 25.9 Å². The second-order valence-electron chi connectivity index (χ2n) is 8.22. The van der Waals surface area contributed by atoms with Crippen molar-refractivity contribution < 1.29 is 74.7 Å². The number of hydrogen-bond donors (Lipinski definition) is 10. The van der Waals surface area contributed by atoms with E-state index in [9.17, 15) is 51.1 Å². The smallest absolute Gasteiger partial charge is 0.187 e. The van der Waals surface area contributed by atoms with Crippen LogP contribution in [0, 0.1) is 0 Å². The quantitative estimate of drug-likeness (QED) is 0.160. The fourth-order valence-corrected chi connectivity index (χ4v) is 4.05. The normalized spacial score (nSPS) is 51.5. The van der Waals surface area contributed by atoms with Gasteiger partial charge in [-0.15, -0.1) is 0 Å². The summed E-state index contributed by atoms with van der Waals surface area (Å²) in [6, 6.07) is 0. The van der Waals surface area contributed by atoms with Gasteiger partial charge in [0, 0.05) is 6.42 Å². The summed E-state index contributed by atoms with van der Waals surface area (Å²) < 4.78 is 26.8. The second kappa shape index (κ2) is 11.4. The van der Waals surface area contributed by atoms with Crippen LogP contribution in [0.3, 0.4) is 0 Å². The van der Waals surface area contributed by atoms with E-state index in [1.807, 2.05) is 0 Å². The summed E-state index contributed by atoms with van der Waals surface area (Å²) in [6.07, 6.45) is -21.4. The van der Waals surface area contributed by atoms with Crippen molar-refractivity contribution in [1.82, 2.24) is 0 Å². The van der Waals surface area contributed by atoms with Gasteiger partial charge in [-0.1, -0.05) is 0 Å². The molecule has 3 heterocycles. The predicted molar refractivity (Wildman–Crippen MR) is 99.9 cm³/mol. The van der Waals surface area contributed by atoms with Crippen LogP contribution in [-0.2, 0) is 23.7 Å². The maximum absolute atomic E-state index is 10.6. The van der Waals surface area contributed by atoms with Gasteiger partial charge < -0.3 is 74.7 Å². The highest BCUT2D eigenvalue weighted by atomic mass is 16.7. The Hall–Kier alpha value is -0.600. The molecule has 0 spiro atoms. The SMILES string of the molecule is OC[C@H]1O[C@H](O[C@H]2[C@H](O)[C@@H](O)[C@@H](O[C@H]3[C@H](O)[C@@H](O)C(O)O[C@@H]3CO)O[C@@H]2CO)C[C@@H](O)[C@@H]1O. The molecule has 0 aromatic carbocycles. The van der Waals surface area contributed by atoms with Crippen molar-refractivity contribution in [1.29, 1.82) is 0 Å². The molecule has 0 bridgehead atoms. The van der Waals surface area contributed by atoms with Gasteiger partial charge in [-0.25, -0.2) is 0 Å². The summed E-state index contributed by atoms with van der Waals surface area (Å²) in [5, 5.41) is 98.9. The molecule has 15 heteroatoms. The molecule has 0 amide bonds. The topological polar surface area (TPSA) is 248 Å². The molecule has 10 N–H and O–H groups in total. The maximum Gasteiger partial charge on any atom is 0.187 e. The highest BCUT2D eigenvalue weighted by Gasteiger charge is 2.52. The van der Waals surface area contributed by atoms with E-state index in [0.29, 0.717) is 0 Å². The zero-order valence-electron chi connectivity index (χ0n) is 17.4. The van der Waals surface area contributed by atoms with Gasteiger partial charge in [-0.3, -0.25) is 0 Å². The first kappa shape index (κ1) is 27.0. The first-order valence-electron chi connectivity index (χ1n) is 10.5. The second-order valence-corrected chi connectivity index (χ2v) is 8.22. The molecule has 3 aliphatic rings. The molecule has 3 aliphatic heterocycles. The van der Waals surface area contributed by atoms with Gasteiger partial charge in [0.1, 0.15) is 61.0 Å².